The van der Waals surface area contributed by atoms with Crippen LogP contribution in [-0.4, -0.2) is 31.3 Å². The van der Waals surface area contributed by atoms with Gasteiger partial charge in [-0.1, -0.05) is 11.8 Å². The van der Waals surface area contributed by atoms with Crippen LogP contribution in [0.5, 0.6) is 0 Å². The van der Waals surface area contributed by atoms with E-state index in [1.165, 1.54) is 0 Å². The molecule has 6 heteroatoms. The second-order valence-corrected chi connectivity index (χ2v) is 5.89. The molecule has 1 fully saturated rings. The molecule has 2 N–H and O–H groups in total. The first-order valence-electron chi connectivity index (χ1n) is 6.69. The van der Waals surface area contributed by atoms with E-state index in [2.05, 4.69) is 10.6 Å². The van der Waals surface area contributed by atoms with E-state index in [1.807, 2.05) is 0 Å². The number of hydrogen-bond acceptors (Lipinski definition) is 3. The van der Waals surface area contributed by atoms with E-state index >= 15 is 0 Å². The Labute approximate surface area is 121 Å². The minimum atomic E-state index is -2.44. The molecule has 0 aliphatic carbocycles. The number of hydrogen-bond donors (Lipinski definition) is 2. The van der Waals surface area contributed by atoms with Crippen molar-refractivity contribution in [2.45, 2.75) is 23.5 Å². The molecule has 1 aromatic carbocycles. The minimum Gasteiger partial charge on any atom is -0.352 e. The van der Waals surface area contributed by atoms with Gasteiger partial charge in [0.15, 0.2) is 0 Å². The Kier molecular flexibility index (Phi) is 5.79. The van der Waals surface area contributed by atoms with Crippen LogP contribution < -0.4 is 10.6 Å². The summed E-state index contributed by atoms with van der Waals surface area (Å²) in [6, 6.07) is 6.26. The molecule has 3 nitrogen and oxygen atoms in total. The highest BCUT2D eigenvalue weighted by Gasteiger charge is 2.14. The number of nitrogens with one attached hydrogen (secondary N) is 2. The molecule has 1 amide bonds. The molecule has 20 heavy (non-hydrogen) atoms. The summed E-state index contributed by atoms with van der Waals surface area (Å²) in [7, 11) is 0. The second-order valence-electron chi connectivity index (χ2n) is 4.83. The third-order valence-corrected chi connectivity index (χ3v) is 4.01. The zero-order valence-electron chi connectivity index (χ0n) is 11.1. The first-order chi connectivity index (χ1) is 9.65. The van der Waals surface area contributed by atoms with E-state index in [-0.39, 0.29) is 5.91 Å². The number of thioether (sulfide) groups is 1. The van der Waals surface area contributed by atoms with Gasteiger partial charge in [0, 0.05) is 17.0 Å². The fourth-order valence-corrected chi connectivity index (χ4v) is 2.72. The molecule has 1 aliphatic heterocycles. The van der Waals surface area contributed by atoms with E-state index in [0.717, 1.165) is 25.9 Å². The molecular formula is C14H18F2N2OS. The van der Waals surface area contributed by atoms with Crippen molar-refractivity contribution in [3.05, 3.63) is 29.8 Å². The van der Waals surface area contributed by atoms with Crippen molar-refractivity contribution in [3.63, 3.8) is 0 Å². The number of piperidine rings is 1. The number of benzene rings is 1. The Morgan fingerprint density at radius 1 is 1.40 bits per heavy atom. The van der Waals surface area contributed by atoms with E-state index < -0.39 is 5.76 Å². The number of amides is 1. The fourth-order valence-electron chi connectivity index (χ4n) is 2.23. The molecule has 0 saturated carbocycles. The highest BCUT2D eigenvalue weighted by atomic mass is 32.2. The number of carbonyl (C=O) groups is 1. The standard InChI is InChI=1S/C14H18F2N2OS/c15-14(16)20-12-5-3-11(4-6-12)13(19)18-9-10-2-1-7-17-8-10/h3-6,10,14,17H,1-2,7-9H2,(H,18,19). The Balaban J connectivity index is 1.82. The summed E-state index contributed by atoms with van der Waals surface area (Å²) in [5.74, 6) is -2.11. The molecule has 0 aromatic heterocycles. The lowest BCUT2D eigenvalue weighted by Gasteiger charge is -2.22. The van der Waals surface area contributed by atoms with Gasteiger partial charge in [0.05, 0.1) is 0 Å². The van der Waals surface area contributed by atoms with E-state index in [9.17, 15) is 13.6 Å². The molecule has 1 aliphatic rings. The quantitative estimate of drug-likeness (QED) is 0.822. The van der Waals surface area contributed by atoms with E-state index in [4.69, 9.17) is 0 Å². The van der Waals surface area contributed by atoms with E-state index in [0.29, 0.717) is 34.7 Å². The lowest BCUT2D eigenvalue weighted by atomic mass is 10.00. The van der Waals surface area contributed by atoms with Crippen LogP contribution in [0.4, 0.5) is 8.78 Å². The zero-order chi connectivity index (χ0) is 14.4. The molecule has 2 rings (SSSR count). The fraction of sp³-hybridized carbons (Fsp3) is 0.500. The second kappa shape index (κ2) is 7.59. The summed E-state index contributed by atoms with van der Waals surface area (Å²) in [5, 5.41) is 6.19. The number of carbonyl (C=O) groups excluding carboxylic acids is 1. The molecule has 1 saturated heterocycles. The zero-order valence-corrected chi connectivity index (χ0v) is 11.9. The molecule has 0 spiro atoms. The topological polar surface area (TPSA) is 41.1 Å². The molecule has 110 valence electrons. The van der Waals surface area contributed by atoms with Gasteiger partial charge < -0.3 is 10.6 Å². The highest BCUT2D eigenvalue weighted by molar-refractivity contribution is 7.99. The summed E-state index contributed by atoms with van der Waals surface area (Å²) in [4.78, 5) is 12.4. The van der Waals surface area contributed by atoms with Crippen molar-refractivity contribution in [1.29, 1.82) is 0 Å². The van der Waals surface area contributed by atoms with Crippen molar-refractivity contribution in [2.75, 3.05) is 19.6 Å². The number of halogens is 2. The van der Waals surface area contributed by atoms with Gasteiger partial charge in [-0.3, -0.25) is 4.79 Å². The summed E-state index contributed by atoms with van der Waals surface area (Å²) in [5.41, 5.74) is 0.507. The van der Waals surface area contributed by atoms with Gasteiger partial charge in [-0.25, -0.2) is 0 Å². The van der Waals surface area contributed by atoms with Crippen LogP contribution in [0.3, 0.4) is 0 Å². The Morgan fingerprint density at radius 2 is 2.15 bits per heavy atom. The van der Waals surface area contributed by atoms with Gasteiger partial charge in [-0.15, -0.1) is 0 Å². The van der Waals surface area contributed by atoms with Crippen LogP contribution in [0.1, 0.15) is 23.2 Å². The average Bonchev–Trinajstić information content (AvgIpc) is 2.46. The highest BCUT2D eigenvalue weighted by Crippen LogP contribution is 2.25. The summed E-state index contributed by atoms with van der Waals surface area (Å²) in [6.45, 7) is 2.64. The Hall–Kier alpha value is -1.14. The summed E-state index contributed by atoms with van der Waals surface area (Å²) >= 11 is 0.482. The molecule has 1 unspecified atom stereocenters. The number of rotatable bonds is 5. The number of alkyl halides is 2. The van der Waals surface area contributed by atoms with Gasteiger partial charge >= 0.3 is 0 Å². The average molecular weight is 300 g/mol. The monoisotopic (exact) mass is 300 g/mol. The van der Waals surface area contributed by atoms with Crippen LogP contribution in [0.15, 0.2) is 29.2 Å². The van der Waals surface area contributed by atoms with Crippen molar-refractivity contribution in [3.8, 4) is 0 Å². The van der Waals surface area contributed by atoms with Gasteiger partial charge in [-0.2, -0.15) is 8.78 Å². The van der Waals surface area contributed by atoms with Gasteiger partial charge in [0.2, 0.25) is 0 Å². The lowest BCUT2D eigenvalue weighted by molar-refractivity contribution is 0.0945. The Morgan fingerprint density at radius 3 is 2.75 bits per heavy atom. The van der Waals surface area contributed by atoms with Gasteiger partial charge in [-0.05, 0) is 56.1 Å². The molecule has 1 heterocycles. The predicted octanol–water partition coefficient (Wildman–Crippen LogP) is 2.73. The van der Waals surface area contributed by atoms with Crippen molar-refractivity contribution >= 4 is 17.7 Å². The van der Waals surface area contributed by atoms with Crippen LogP contribution >= 0.6 is 11.8 Å². The maximum atomic E-state index is 12.2. The minimum absolute atomic E-state index is 0.149. The molecule has 0 bridgehead atoms. The Bertz CT molecular complexity index is 433. The van der Waals surface area contributed by atoms with Crippen LogP contribution in [-0.2, 0) is 0 Å². The maximum Gasteiger partial charge on any atom is 0.288 e. The molecule has 0 radical (unpaired) electrons. The smallest absolute Gasteiger partial charge is 0.288 e. The van der Waals surface area contributed by atoms with Crippen molar-refractivity contribution in [1.82, 2.24) is 10.6 Å². The normalized spacial score (nSPS) is 19.1. The van der Waals surface area contributed by atoms with Crippen molar-refractivity contribution < 1.29 is 13.6 Å². The SMILES string of the molecule is O=C(NCC1CCCNC1)c1ccc(SC(F)F)cc1. The third-order valence-electron chi connectivity index (χ3n) is 3.29. The maximum absolute atomic E-state index is 12.2. The van der Waals surface area contributed by atoms with Crippen LogP contribution in [0, 0.1) is 5.92 Å². The predicted molar refractivity (Wildman–Crippen MR) is 76.2 cm³/mol. The van der Waals surface area contributed by atoms with Gasteiger partial charge in [0.1, 0.15) is 0 Å². The summed E-state index contributed by atoms with van der Waals surface area (Å²) in [6.07, 6.45) is 2.26. The van der Waals surface area contributed by atoms with Crippen LogP contribution in [0.2, 0.25) is 0 Å². The largest absolute Gasteiger partial charge is 0.352 e. The van der Waals surface area contributed by atoms with E-state index in [1.54, 1.807) is 24.3 Å². The summed E-state index contributed by atoms with van der Waals surface area (Å²) < 4.78 is 24.4. The van der Waals surface area contributed by atoms with Crippen molar-refractivity contribution in [2.24, 2.45) is 5.92 Å². The lowest BCUT2D eigenvalue weighted by Crippen LogP contribution is -2.38. The molecule has 1 aromatic rings. The van der Waals surface area contributed by atoms with Crippen LogP contribution in [0.25, 0.3) is 0 Å². The first-order valence-corrected chi connectivity index (χ1v) is 7.57. The molecular weight excluding hydrogens is 282 g/mol. The molecule has 1 atom stereocenters. The first kappa shape index (κ1) is 15.3. The third kappa shape index (κ3) is 4.76. The van der Waals surface area contributed by atoms with Gasteiger partial charge in [0.25, 0.3) is 11.7 Å².